The van der Waals surface area contributed by atoms with Crippen molar-refractivity contribution in [3.05, 3.63) is 35.9 Å². The number of carbonyl (C=O) groups is 4. The second-order valence-corrected chi connectivity index (χ2v) is 13.2. The summed E-state index contributed by atoms with van der Waals surface area (Å²) >= 11 is 0. The van der Waals surface area contributed by atoms with Crippen molar-refractivity contribution in [3.8, 4) is 0 Å². The van der Waals surface area contributed by atoms with Crippen LogP contribution in [-0.2, 0) is 44.7 Å². The summed E-state index contributed by atoms with van der Waals surface area (Å²) in [7, 11) is 0. The highest BCUT2D eigenvalue weighted by molar-refractivity contribution is 5.82. The van der Waals surface area contributed by atoms with Crippen molar-refractivity contribution in [2.24, 2.45) is 0 Å². The topological polar surface area (TPSA) is 149 Å². The van der Waals surface area contributed by atoms with Crippen LogP contribution in [0.3, 0.4) is 0 Å². The number of esters is 1. The molecule has 49 heavy (non-hydrogen) atoms. The van der Waals surface area contributed by atoms with Crippen LogP contribution in [0.2, 0.25) is 0 Å². The highest BCUT2D eigenvalue weighted by atomic mass is 16.7. The first kappa shape index (κ1) is 42.1. The first-order chi connectivity index (χ1) is 23.6. The van der Waals surface area contributed by atoms with Crippen LogP contribution in [0.5, 0.6) is 0 Å². The van der Waals surface area contributed by atoms with Crippen LogP contribution in [0.25, 0.3) is 0 Å². The second-order valence-electron chi connectivity index (χ2n) is 13.2. The predicted molar refractivity (Wildman–Crippen MR) is 188 cm³/mol. The minimum atomic E-state index is -1.37. The number of amides is 2. The van der Waals surface area contributed by atoms with Gasteiger partial charge in [-0.2, -0.15) is 0 Å². The maximum Gasteiger partial charge on any atom is 0.332 e. The van der Waals surface area contributed by atoms with Crippen LogP contribution in [-0.4, -0.2) is 72.2 Å². The Morgan fingerprint density at radius 1 is 0.796 bits per heavy atom. The van der Waals surface area contributed by atoms with Gasteiger partial charge in [-0.05, 0) is 18.9 Å². The van der Waals surface area contributed by atoms with Gasteiger partial charge in [0.05, 0.1) is 6.61 Å². The minimum Gasteiger partial charge on any atom is -0.479 e. The van der Waals surface area contributed by atoms with Crippen molar-refractivity contribution in [3.63, 3.8) is 0 Å². The molecule has 278 valence electrons. The number of ether oxygens (including phenoxy) is 4. The first-order valence-corrected chi connectivity index (χ1v) is 18.5. The molecule has 0 aromatic heterocycles. The van der Waals surface area contributed by atoms with Crippen molar-refractivity contribution >= 4 is 23.8 Å². The average Bonchev–Trinajstić information content (AvgIpc) is 3.06. The molecule has 6 atom stereocenters. The molecule has 11 nitrogen and oxygen atoms in total. The van der Waals surface area contributed by atoms with E-state index in [0.717, 1.165) is 31.2 Å². The van der Waals surface area contributed by atoms with E-state index in [1.807, 2.05) is 30.3 Å². The number of carboxylic acids is 1. The first-order valence-electron chi connectivity index (χ1n) is 18.5. The molecule has 1 saturated heterocycles. The lowest BCUT2D eigenvalue weighted by Gasteiger charge is -2.45. The van der Waals surface area contributed by atoms with Crippen LogP contribution in [0, 0.1) is 0 Å². The van der Waals surface area contributed by atoms with E-state index < -0.39 is 60.5 Å². The summed E-state index contributed by atoms with van der Waals surface area (Å²) in [4.78, 5) is 49.7. The molecule has 1 aromatic carbocycles. The zero-order valence-electron chi connectivity index (χ0n) is 30.3. The third-order valence-electron chi connectivity index (χ3n) is 8.78. The summed E-state index contributed by atoms with van der Waals surface area (Å²) in [6.45, 7) is 6.50. The van der Waals surface area contributed by atoms with Crippen LogP contribution in [0.4, 0.5) is 0 Å². The van der Waals surface area contributed by atoms with Gasteiger partial charge in [0.25, 0.3) is 5.91 Å². The molecule has 0 aliphatic carbocycles. The molecule has 3 N–H and O–H groups in total. The van der Waals surface area contributed by atoms with Crippen molar-refractivity contribution in [1.29, 1.82) is 0 Å². The molecule has 0 saturated carbocycles. The quantitative estimate of drug-likeness (QED) is 0.0722. The van der Waals surface area contributed by atoms with E-state index in [1.165, 1.54) is 97.8 Å². The van der Waals surface area contributed by atoms with E-state index in [0.29, 0.717) is 6.54 Å². The molecule has 1 fully saturated rings. The van der Waals surface area contributed by atoms with Crippen molar-refractivity contribution in [2.75, 3.05) is 6.54 Å². The molecule has 0 radical (unpaired) electrons. The fourth-order valence-corrected chi connectivity index (χ4v) is 6.09. The SMILES string of the molecule is CCCCCCCCCCCCCCCCCCNC(=O)[C@H]1O[C@H](OCc2ccccc2)[C@H](NC(C)=O)[C@@H](O[C@@H](C)C(=O)O)[C@@H]1OC(C)=O. The molecule has 1 aliphatic rings. The lowest BCUT2D eigenvalue weighted by atomic mass is 9.94. The third kappa shape index (κ3) is 17.5. The molecule has 0 unspecified atom stereocenters. The molecule has 1 aromatic rings. The Hall–Kier alpha value is -3.02. The lowest BCUT2D eigenvalue weighted by Crippen LogP contribution is -2.68. The standard InChI is InChI=1S/C38H62N2O9/c1-5-6-7-8-9-10-11-12-13-14-15-16-17-18-19-23-26-39-36(43)35-34(48-30(4)42)33(47-28(2)37(44)45)32(40-29(3)41)38(49-35)46-27-31-24-21-20-22-25-31/h20-22,24-25,28,32-35,38H,5-19,23,26-27H2,1-4H3,(H,39,43)(H,40,41)(H,44,45)/t28-,32+,33+,34-,35-,38-/m0/s1. The number of hydrogen-bond donors (Lipinski definition) is 3. The summed E-state index contributed by atoms with van der Waals surface area (Å²) in [5, 5.41) is 15.2. The highest BCUT2D eigenvalue weighted by Gasteiger charge is 2.53. The van der Waals surface area contributed by atoms with Gasteiger partial charge in [0.15, 0.2) is 24.6 Å². The van der Waals surface area contributed by atoms with Gasteiger partial charge in [-0.15, -0.1) is 0 Å². The third-order valence-corrected chi connectivity index (χ3v) is 8.78. The number of unbranched alkanes of at least 4 members (excludes halogenated alkanes) is 15. The Bertz CT molecular complexity index is 1090. The molecule has 0 spiro atoms. The maximum atomic E-state index is 13.5. The number of aliphatic carboxylic acids is 1. The van der Waals surface area contributed by atoms with E-state index in [9.17, 15) is 24.3 Å². The van der Waals surface area contributed by atoms with Gasteiger partial charge < -0.3 is 34.7 Å². The molecule has 2 rings (SSSR count). The number of benzene rings is 1. The summed E-state index contributed by atoms with van der Waals surface area (Å²) in [5.41, 5.74) is 0.815. The average molecular weight is 691 g/mol. The summed E-state index contributed by atoms with van der Waals surface area (Å²) < 4.78 is 23.5. The fourth-order valence-electron chi connectivity index (χ4n) is 6.09. The predicted octanol–water partition coefficient (Wildman–Crippen LogP) is 6.60. The molecule has 2 amide bonds. The monoisotopic (exact) mass is 690 g/mol. The Balaban J connectivity index is 1.89. The van der Waals surface area contributed by atoms with E-state index in [2.05, 4.69) is 17.6 Å². The van der Waals surface area contributed by atoms with Crippen molar-refractivity contribution in [1.82, 2.24) is 10.6 Å². The normalized spacial score (nSPS) is 21.1. The van der Waals surface area contributed by atoms with Gasteiger partial charge in [0.1, 0.15) is 12.1 Å². The molecule has 1 heterocycles. The van der Waals surface area contributed by atoms with Gasteiger partial charge in [-0.1, -0.05) is 134 Å². The van der Waals surface area contributed by atoms with E-state index in [-0.39, 0.29) is 6.61 Å². The van der Waals surface area contributed by atoms with Gasteiger partial charge in [-0.3, -0.25) is 14.4 Å². The molecule has 11 heteroatoms. The number of carboxylic acid groups (broad SMARTS) is 1. The molecule has 0 bridgehead atoms. The summed E-state index contributed by atoms with van der Waals surface area (Å²) in [6, 6.07) is 8.16. The van der Waals surface area contributed by atoms with Crippen LogP contribution < -0.4 is 10.6 Å². The van der Waals surface area contributed by atoms with Gasteiger partial charge in [0.2, 0.25) is 5.91 Å². The number of hydrogen-bond acceptors (Lipinski definition) is 8. The zero-order valence-corrected chi connectivity index (χ0v) is 30.3. The van der Waals surface area contributed by atoms with Crippen molar-refractivity contribution in [2.45, 2.75) is 174 Å². The minimum absolute atomic E-state index is 0.0779. The Kier molecular flexibility index (Phi) is 21.5. The van der Waals surface area contributed by atoms with Crippen LogP contribution in [0.15, 0.2) is 30.3 Å². The largest absolute Gasteiger partial charge is 0.479 e. The van der Waals surface area contributed by atoms with Gasteiger partial charge in [-0.25, -0.2) is 4.79 Å². The number of carbonyl (C=O) groups excluding carboxylic acids is 3. The highest BCUT2D eigenvalue weighted by Crippen LogP contribution is 2.29. The Morgan fingerprint density at radius 2 is 1.33 bits per heavy atom. The molecular formula is C38H62N2O9. The zero-order chi connectivity index (χ0) is 35.9. The van der Waals surface area contributed by atoms with Crippen LogP contribution in [0.1, 0.15) is 136 Å². The Morgan fingerprint density at radius 3 is 1.82 bits per heavy atom. The van der Waals surface area contributed by atoms with E-state index in [4.69, 9.17) is 18.9 Å². The molecular weight excluding hydrogens is 628 g/mol. The second kappa shape index (κ2) is 25.0. The Labute approximate surface area is 293 Å². The lowest BCUT2D eigenvalue weighted by molar-refractivity contribution is -0.277. The van der Waals surface area contributed by atoms with E-state index >= 15 is 0 Å². The summed E-state index contributed by atoms with van der Waals surface area (Å²) in [6.07, 6.45) is 13.4. The van der Waals surface area contributed by atoms with E-state index in [1.54, 1.807) is 0 Å². The van der Waals surface area contributed by atoms with Gasteiger partial charge >= 0.3 is 11.9 Å². The number of nitrogens with one attached hydrogen (secondary N) is 2. The smallest absolute Gasteiger partial charge is 0.332 e. The van der Waals surface area contributed by atoms with Gasteiger partial charge in [0, 0.05) is 20.4 Å². The molecule has 1 aliphatic heterocycles. The fraction of sp³-hybridized carbons (Fsp3) is 0.737. The number of rotatable bonds is 26. The summed E-state index contributed by atoms with van der Waals surface area (Å²) in [5.74, 6) is -2.99. The van der Waals surface area contributed by atoms with Crippen LogP contribution >= 0.6 is 0 Å². The van der Waals surface area contributed by atoms with Crippen molar-refractivity contribution < 1.29 is 43.2 Å². The maximum absolute atomic E-state index is 13.5.